The summed E-state index contributed by atoms with van der Waals surface area (Å²) in [5, 5.41) is 0. The smallest absolute Gasteiger partial charge is 0.212 e. The molecule has 0 atom stereocenters. The number of thioether (sulfide) groups is 1. The molecule has 0 amide bonds. The molecule has 84 valence electrons. The summed E-state index contributed by atoms with van der Waals surface area (Å²) in [5.41, 5.74) is 0.411. The first-order chi connectivity index (χ1) is 6.94. The van der Waals surface area contributed by atoms with Gasteiger partial charge in [0.2, 0.25) is 9.05 Å². The summed E-state index contributed by atoms with van der Waals surface area (Å²) >= 11 is 1.38. The van der Waals surface area contributed by atoms with Crippen molar-refractivity contribution in [2.45, 2.75) is 11.3 Å². The lowest BCUT2D eigenvalue weighted by Gasteiger charge is -2.06. The third kappa shape index (κ3) is 4.01. The third-order valence-corrected chi connectivity index (χ3v) is 3.87. The van der Waals surface area contributed by atoms with E-state index in [-0.39, 0.29) is 18.0 Å². The predicted molar refractivity (Wildman–Crippen MR) is 61.5 cm³/mol. The summed E-state index contributed by atoms with van der Waals surface area (Å²) in [6.07, 6.45) is 1.92. The van der Waals surface area contributed by atoms with Crippen LogP contribution in [0.2, 0.25) is 0 Å². The molecule has 0 N–H and O–H groups in total. The minimum absolute atomic E-state index is 0.106. The normalized spacial score (nSPS) is 11.7. The van der Waals surface area contributed by atoms with Gasteiger partial charge in [0, 0.05) is 21.1 Å². The molecule has 0 aromatic heterocycles. The molecule has 0 unspecified atom stereocenters. The molecule has 2 nitrogen and oxygen atoms in total. The largest absolute Gasteiger partial charge is 0.232 e. The fourth-order valence-electron chi connectivity index (χ4n) is 1.20. The molecule has 0 radical (unpaired) electrons. The molecule has 0 saturated heterocycles. The van der Waals surface area contributed by atoms with E-state index < -0.39 is 9.05 Å². The highest BCUT2D eigenvalue weighted by molar-refractivity contribution is 8.13. The van der Waals surface area contributed by atoms with Crippen LogP contribution in [0.25, 0.3) is 0 Å². The van der Waals surface area contributed by atoms with Gasteiger partial charge in [-0.3, -0.25) is 0 Å². The fourth-order valence-corrected chi connectivity index (χ4v) is 2.54. The molecular formula is C9H10ClFO2S2. The minimum atomic E-state index is -3.57. The van der Waals surface area contributed by atoms with Crippen molar-refractivity contribution in [2.75, 3.05) is 12.0 Å². The van der Waals surface area contributed by atoms with Crippen LogP contribution in [0, 0.1) is 5.82 Å². The Morgan fingerprint density at radius 3 is 2.67 bits per heavy atom. The van der Waals surface area contributed by atoms with Gasteiger partial charge in [-0.15, -0.1) is 11.8 Å². The van der Waals surface area contributed by atoms with Gasteiger partial charge in [-0.2, -0.15) is 0 Å². The zero-order valence-corrected chi connectivity index (χ0v) is 10.4. The Morgan fingerprint density at radius 1 is 1.47 bits per heavy atom. The van der Waals surface area contributed by atoms with Crippen LogP contribution in [-0.4, -0.2) is 20.4 Å². The summed E-state index contributed by atoms with van der Waals surface area (Å²) in [4.78, 5) is 0.746. The monoisotopic (exact) mass is 268 g/mol. The quantitative estimate of drug-likeness (QED) is 0.622. The van der Waals surface area contributed by atoms with Crippen molar-refractivity contribution in [2.24, 2.45) is 0 Å². The van der Waals surface area contributed by atoms with Crippen LogP contribution in [0.5, 0.6) is 0 Å². The Morgan fingerprint density at radius 2 is 2.13 bits per heavy atom. The summed E-state index contributed by atoms with van der Waals surface area (Å²) in [7, 11) is 1.51. The molecule has 0 aliphatic carbocycles. The van der Waals surface area contributed by atoms with Crippen LogP contribution in [0.4, 0.5) is 4.39 Å². The van der Waals surface area contributed by atoms with Crippen molar-refractivity contribution < 1.29 is 12.8 Å². The molecule has 0 aliphatic rings. The SMILES string of the molecule is CSc1cccc(F)c1CCS(=O)(=O)Cl. The van der Waals surface area contributed by atoms with E-state index in [2.05, 4.69) is 0 Å². The Labute approximate surface area is 97.2 Å². The average Bonchev–Trinajstić information content (AvgIpc) is 2.14. The average molecular weight is 269 g/mol. The van der Waals surface area contributed by atoms with Gasteiger partial charge in [0.15, 0.2) is 0 Å². The van der Waals surface area contributed by atoms with Gasteiger partial charge in [-0.05, 0) is 24.8 Å². The minimum Gasteiger partial charge on any atom is -0.212 e. The molecule has 0 aliphatic heterocycles. The van der Waals surface area contributed by atoms with E-state index >= 15 is 0 Å². The van der Waals surface area contributed by atoms with Crippen molar-refractivity contribution in [3.8, 4) is 0 Å². The van der Waals surface area contributed by atoms with Gasteiger partial charge in [0.25, 0.3) is 0 Å². The molecule has 1 rings (SSSR count). The van der Waals surface area contributed by atoms with Crippen molar-refractivity contribution in [3.05, 3.63) is 29.6 Å². The maximum absolute atomic E-state index is 13.4. The van der Waals surface area contributed by atoms with Crippen LogP contribution in [0.15, 0.2) is 23.1 Å². The number of hydrogen-bond donors (Lipinski definition) is 0. The van der Waals surface area contributed by atoms with Gasteiger partial charge < -0.3 is 0 Å². The second kappa shape index (κ2) is 5.18. The van der Waals surface area contributed by atoms with E-state index in [1.807, 2.05) is 6.26 Å². The zero-order valence-electron chi connectivity index (χ0n) is 8.04. The lowest BCUT2D eigenvalue weighted by molar-refractivity contribution is 0.598. The Hall–Kier alpha value is -0.260. The van der Waals surface area contributed by atoms with Gasteiger partial charge in [-0.1, -0.05) is 6.07 Å². The number of hydrogen-bond acceptors (Lipinski definition) is 3. The molecule has 0 spiro atoms. The Balaban J connectivity index is 2.93. The molecular weight excluding hydrogens is 259 g/mol. The van der Waals surface area contributed by atoms with Crippen molar-refractivity contribution in [3.63, 3.8) is 0 Å². The zero-order chi connectivity index (χ0) is 11.5. The molecule has 1 aromatic rings. The third-order valence-electron chi connectivity index (χ3n) is 1.89. The van der Waals surface area contributed by atoms with E-state index in [1.54, 1.807) is 12.1 Å². The molecule has 0 heterocycles. The lowest BCUT2D eigenvalue weighted by Crippen LogP contribution is -2.04. The standard InChI is InChI=1S/C9H10ClFO2S2/c1-14-9-4-2-3-8(11)7(9)5-6-15(10,12)13/h2-4H,5-6H2,1H3. The fraction of sp³-hybridized carbons (Fsp3) is 0.333. The predicted octanol–water partition coefficient (Wildman–Crippen LogP) is 2.66. The maximum atomic E-state index is 13.4. The van der Waals surface area contributed by atoms with E-state index in [9.17, 15) is 12.8 Å². The van der Waals surface area contributed by atoms with E-state index in [0.717, 1.165) is 4.90 Å². The second-order valence-corrected chi connectivity index (χ2v) is 6.66. The van der Waals surface area contributed by atoms with Crippen molar-refractivity contribution in [1.82, 2.24) is 0 Å². The van der Waals surface area contributed by atoms with Crippen LogP contribution in [-0.2, 0) is 15.5 Å². The van der Waals surface area contributed by atoms with Crippen LogP contribution < -0.4 is 0 Å². The molecule has 6 heteroatoms. The first-order valence-electron chi connectivity index (χ1n) is 4.18. The Bertz CT molecular complexity index is 445. The maximum Gasteiger partial charge on any atom is 0.232 e. The lowest BCUT2D eigenvalue weighted by atomic mass is 10.1. The van der Waals surface area contributed by atoms with Crippen molar-refractivity contribution >= 4 is 31.5 Å². The highest BCUT2D eigenvalue weighted by Crippen LogP contribution is 2.23. The molecule has 15 heavy (non-hydrogen) atoms. The van der Waals surface area contributed by atoms with Gasteiger partial charge in [0.05, 0.1) is 5.75 Å². The summed E-state index contributed by atoms with van der Waals surface area (Å²) in [6.45, 7) is 0. The summed E-state index contributed by atoms with van der Waals surface area (Å²) in [6, 6.07) is 4.67. The first-order valence-corrected chi connectivity index (χ1v) is 7.88. The summed E-state index contributed by atoms with van der Waals surface area (Å²) in [5.74, 6) is -0.634. The van der Waals surface area contributed by atoms with E-state index in [1.165, 1.54) is 17.8 Å². The topological polar surface area (TPSA) is 34.1 Å². The van der Waals surface area contributed by atoms with E-state index in [4.69, 9.17) is 10.7 Å². The number of halogens is 2. The van der Waals surface area contributed by atoms with Crippen LogP contribution in [0.3, 0.4) is 0 Å². The Kier molecular flexibility index (Phi) is 4.43. The highest BCUT2D eigenvalue weighted by Gasteiger charge is 2.12. The second-order valence-electron chi connectivity index (χ2n) is 2.91. The first kappa shape index (κ1) is 12.8. The molecule has 0 saturated carbocycles. The van der Waals surface area contributed by atoms with Gasteiger partial charge in [-0.25, -0.2) is 12.8 Å². The number of rotatable bonds is 4. The highest BCUT2D eigenvalue weighted by atomic mass is 35.7. The van der Waals surface area contributed by atoms with Crippen LogP contribution in [0.1, 0.15) is 5.56 Å². The van der Waals surface area contributed by atoms with Crippen molar-refractivity contribution in [1.29, 1.82) is 0 Å². The van der Waals surface area contributed by atoms with E-state index in [0.29, 0.717) is 5.56 Å². The summed E-state index contributed by atoms with van der Waals surface area (Å²) < 4.78 is 34.9. The van der Waals surface area contributed by atoms with Gasteiger partial charge >= 0.3 is 0 Å². The molecule has 1 aromatic carbocycles. The van der Waals surface area contributed by atoms with Crippen LogP contribution >= 0.6 is 22.4 Å². The number of benzene rings is 1. The molecule has 0 bridgehead atoms. The van der Waals surface area contributed by atoms with Gasteiger partial charge in [0.1, 0.15) is 5.82 Å². The molecule has 0 fully saturated rings.